The minimum atomic E-state index is -3.47. The maximum Gasteiger partial charge on any atom is 0.240 e. The number of benzene rings is 2. The number of amides is 1. The number of hydrogen-bond acceptors (Lipinski definition) is 3. The minimum absolute atomic E-state index is 0.137. The summed E-state index contributed by atoms with van der Waals surface area (Å²) in [5.74, 6) is -0.137. The van der Waals surface area contributed by atoms with Crippen molar-refractivity contribution in [2.24, 2.45) is 0 Å². The van der Waals surface area contributed by atoms with Gasteiger partial charge in [0.1, 0.15) is 0 Å². The van der Waals surface area contributed by atoms with E-state index in [4.69, 9.17) is 0 Å². The second-order valence-corrected chi connectivity index (χ2v) is 6.94. The third-order valence-electron chi connectivity index (χ3n) is 3.39. The van der Waals surface area contributed by atoms with Crippen LogP contribution in [0.5, 0.6) is 0 Å². The Hall–Kier alpha value is -2.18. The Labute approximate surface area is 136 Å². The summed E-state index contributed by atoms with van der Waals surface area (Å²) in [4.78, 5) is 12.3. The van der Waals surface area contributed by atoms with Crippen molar-refractivity contribution in [2.45, 2.75) is 25.2 Å². The molecule has 122 valence electrons. The van der Waals surface area contributed by atoms with Crippen LogP contribution in [0.15, 0.2) is 53.4 Å². The molecule has 5 nitrogen and oxygen atoms in total. The van der Waals surface area contributed by atoms with Gasteiger partial charge in [-0.3, -0.25) is 4.79 Å². The van der Waals surface area contributed by atoms with Gasteiger partial charge in [-0.1, -0.05) is 31.2 Å². The molecule has 2 N–H and O–H groups in total. The van der Waals surface area contributed by atoms with Crippen LogP contribution in [0.4, 0.5) is 5.69 Å². The van der Waals surface area contributed by atoms with Crippen LogP contribution in [0.1, 0.15) is 18.1 Å². The standard InChI is InChI=1S/C17H20N2O3S/c1-3-18-23(21,22)16-10-8-15(9-11-16)19-17(20)12-14-7-5-4-6-13(14)2/h4-11,18H,3,12H2,1-2H3,(H,19,20). The molecule has 0 aliphatic carbocycles. The summed E-state index contributed by atoms with van der Waals surface area (Å²) in [5, 5.41) is 2.77. The van der Waals surface area contributed by atoms with Gasteiger partial charge < -0.3 is 5.32 Å². The van der Waals surface area contributed by atoms with E-state index in [2.05, 4.69) is 10.0 Å². The van der Waals surface area contributed by atoms with Crippen LogP contribution in [0.3, 0.4) is 0 Å². The molecule has 0 atom stereocenters. The molecule has 0 aliphatic heterocycles. The maximum atomic E-state index is 12.1. The van der Waals surface area contributed by atoms with Crippen LogP contribution in [0.25, 0.3) is 0 Å². The van der Waals surface area contributed by atoms with Crippen molar-refractivity contribution in [1.82, 2.24) is 4.72 Å². The molecule has 0 bridgehead atoms. The highest BCUT2D eigenvalue weighted by atomic mass is 32.2. The van der Waals surface area contributed by atoms with Crippen molar-refractivity contribution in [1.29, 1.82) is 0 Å². The van der Waals surface area contributed by atoms with Crippen LogP contribution < -0.4 is 10.0 Å². The lowest BCUT2D eigenvalue weighted by Gasteiger charge is -2.09. The second-order valence-electron chi connectivity index (χ2n) is 5.18. The first kappa shape index (κ1) is 17.2. The van der Waals surface area contributed by atoms with Gasteiger partial charge in [0, 0.05) is 12.2 Å². The zero-order valence-corrected chi connectivity index (χ0v) is 14.0. The summed E-state index contributed by atoms with van der Waals surface area (Å²) in [6, 6.07) is 13.8. The Bertz CT molecular complexity index is 784. The van der Waals surface area contributed by atoms with Crippen LogP contribution in [0.2, 0.25) is 0 Å². The molecule has 0 aromatic heterocycles. The number of nitrogens with one attached hydrogen (secondary N) is 2. The van der Waals surface area contributed by atoms with E-state index in [9.17, 15) is 13.2 Å². The Morgan fingerprint density at radius 1 is 1.04 bits per heavy atom. The topological polar surface area (TPSA) is 75.3 Å². The summed E-state index contributed by atoms with van der Waals surface area (Å²) in [6.45, 7) is 4.01. The highest BCUT2D eigenvalue weighted by Gasteiger charge is 2.12. The van der Waals surface area contributed by atoms with E-state index in [1.165, 1.54) is 12.1 Å². The van der Waals surface area contributed by atoms with Crippen LogP contribution in [-0.4, -0.2) is 20.9 Å². The SMILES string of the molecule is CCNS(=O)(=O)c1ccc(NC(=O)Cc2ccccc2C)cc1. The van der Waals surface area contributed by atoms with E-state index in [0.717, 1.165) is 11.1 Å². The Balaban J connectivity index is 2.04. The first-order valence-corrected chi connectivity index (χ1v) is 8.85. The zero-order valence-electron chi connectivity index (χ0n) is 13.2. The number of hydrogen-bond donors (Lipinski definition) is 2. The summed E-state index contributed by atoms with van der Waals surface area (Å²) < 4.78 is 26.1. The van der Waals surface area contributed by atoms with Crippen LogP contribution >= 0.6 is 0 Å². The average Bonchev–Trinajstić information content (AvgIpc) is 2.50. The fraction of sp³-hybridized carbons (Fsp3) is 0.235. The van der Waals surface area contributed by atoms with E-state index in [-0.39, 0.29) is 17.2 Å². The summed E-state index contributed by atoms with van der Waals surface area (Å²) in [7, 11) is -3.47. The summed E-state index contributed by atoms with van der Waals surface area (Å²) in [6.07, 6.45) is 0.282. The number of rotatable bonds is 6. The average molecular weight is 332 g/mol. The number of carbonyl (C=O) groups is 1. The molecule has 0 aliphatic rings. The van der Waals surface area contributed by atoms with Gasteiger partial charge in [0.05, 0.1) is 11.3 Å². The van der Waals surface area contributed by atoms with E-state index < -0.39 is 10.0 Å². The Morgan fingerprint density at radius 2 is 1.70 bits per heavy atom. The highest BCUT2D eigenvalue weighted by molar-refractivity contribution is 7.89. The van der Waals surface area contributed by atoms with Gasteiger partial charge in [-0.15, -0.1) is 0 Å². The lowest BCUT2D eigenvalue weighted by Crippen LogP contribution is -2.23. The lowest BCUT2D eigenvalue weighted by atomic mass is 10.1. The van der Waals surface area contributed by atoms with E-state index in [1.54, 1.807) is 19.1 Å². The summed E-state index contributed by atoms with van der Waals surface area (Å²) >= 11 is 0. The van der Waals surface area contributed by atoms with Gasteiger partial charge >= 0.3 is 0 Å². The number of anilines is 1. The molecule has 0 spiro atoms. The molecule has 2 rings (SSSR count). The molecule has 0 fully saturated rings. The molecule has 6 heteroatoms. The molecule has 1 amide bonds. The molecule has 23 heavy (non-hydrogen) atoms. The van der Waals surface area contributed by atoms with Crippen molar-refractivity contribution < 1.29 is 13.2 Å². The predicted octanol–water partition coefficient (Wildman–Crippen LogP) is 2.47. The van der Waals surface area contributed by atoms with Crippen molar-refractivity contribution >= 4 is 21.6 Å². The number of carbonyl (C=O) groups excluding carboxylic acids is 1. The Kier molecular flexibility index (Phi) is 5.52. The van der Waals surface area contributed by atoms with Gasteiger partial charge in [-0.2, -0.15) is 0 Å². The molecule has 0 saturated heterocycles. The minimum Gasteiger partial charge on any atom is -0.326 e. The van der Waals surface area contributed by atoms with Gasteiger partial charge in [0.15, 0.2) is 0 Å². The quantitative estimate of drug-likeness (QED) is 0.853. The van der Waals surface area contributed by atoms with Crippen molar-refractivity contribution in [3.8, 4) is 0 Å². The zero-order chi connectivity index (χ0) is 16.9. The fourth-order valence-electron chi connectivity index (χ4n) is 2.18. The van der Waals surface area contributed by atoms with Crippen molar-refractivity contribution in [3.05, 3.63) is 59.7 Å². The molecular weight excluding hydrogens is 312 g/mol. The van der Waals surface area contributed by atoms with Gasteiger partial charge in [-0.25, -0.2) is 13.1 Å². The Morgan fingerprint density at radius 3 is 2.30 bits per heavy atom. The lowest BCUT2D eigenvalue weighted by molar-refractivity contribution is -0.115. The second kappa shape index (κ2) is 7.39. The van der Waals surface area contributed by atoms with Crippen molar-refractivity contribution in [3.63, 3.8) is 0 Å². The normalized spacial score (nSPS) is 11.2. The third kappa shape index (κ3) is 4.64. The highest BCUT2D eigenvalue weighted by Crippen LogP contribution is 2.15. The molecule has 0 saturated carbocycles. The number of aryl methyl sites for hydroxylation is 1. The van der Waals surface area contributed by atoms with Gasteiger partial charge in [0.2, 0.25) is 15.9 Å². The molecule has 0 heterocycles. The van der Waals surface area contributed by atoms with Crippen molar-refractivity contribution in [2.75, 3.05) is 11.9 Å². The van der Waals surface area contributed by atoms with Crippen LogP contribution in [0, 0.1) is 6.92 Å². The molecule has 0 unspecified atom stereocenters. The van der Waals surface area contributed by atoms with E-state index >= 15 is 0 Å². The fourth-order valence-corrected chi connectivity index (χ4v) is 3.22. The first-order valence-electron chi connectivity index (χ1n) is 7.36. The monoisotopic (exact) mass is 332 g/mol. The largest absolute Gasteiger partial charge is 0.326 e. The first-order chi connectivity index (χ1) is 10.9. The summed E-state index contributed by atoms with van der Waals surface area (Å²) in [5.41, 5.74) is 2.60. The van der Waals surface area contributed by atoms with Crippen LogP contribution in [-0.2, 0) is 21.2 Å². The number of sulfonamides is 1. The predicted molar refractivity (Wildman–Crippen MR) is 90.8 cm³/mol. The van der Waals surface area contributed by atoms with Gasteiger partial charge in [-0.05, 0) is 42.3 Å². The maximum absolute atomic E-state index is 12.1. The van der Waals surface area contributed by atoms with Gasteiger partial charge in [0.25, 0.3) is 0 Å². The molecule has 0 radical (unpaired) electrons. The van der Waals surface area contributed by atoms with E-state index in [0.29, 0.717) is 12.2 Å². The van der Waals surface area contributed by atoms with E-state index in [1.807, 2.05) is 31.2 Å². The molecular formula is C17H20N2O3S. The molecule has 2 aromatic carbocycles. The molecule has 2 aromatic rings. The smallest absolute Gasteiger partial charge is 0.240 e. The third-order valence-corrected chi connectivity index (χ3v) is 4.96.